The van der Waals surface area contributed by atoms with Crippen molar-refractivity contribution in [3.8, 4) is 0 Å². The molecule has 41 heavy (non-hydrogen) atoms. The van der Waals surface area contributed by atoms with Crippen molar-refractivity contribution >= 4 is 5.78 Å². The summed E-state index contributed by atoms with van der Waals surface area (Å²) in [5.41, 5.74) is 1.56. The van der Waals surface area contributed by atoms with Crippen LogP contribution in [0.5, 0.6) is 0 Å². The predicted octanol–water partition coefficient (Wildman–Crippen LogP) is 4.33. The van der Waals surface area contributed by atoms with E-state index in [0.29, 0.717) is 23.0 Å². The van der Waals surface area contributed by atoms with Gasteiger partial charge in [0.1, 0.15) is 11.9 Å². The molecular weight excluding hydrogens is 535 g/mol. The Kier molecular flexibility index (Phi) is 7.33. The van der Waals surface area contributed by atoms with Gasteiger partial charge in [-0.2, -0.15) is 13.2 Å². The number of ketones is 1. The predicted molar refractivity (Wildman–Crippen MR) is 144 cm³/mol. The van der Waals surface area contributed by atoms with Gasteiger partial charge in [-0.25, -0.2) is 4.98 Å². The second kappa shape index (κ2) is 10.8. The van der Waals surface area contributed by atoms with Crippen LogP contribution in [0.25, 0.3) is 0 Å². The molecule has 3 heterocycles. The number of aromatic amines is 1. The molecule has 0 radical (unpaired) electrons. The third-order valence-electron chi connectivity index (χ3n) is 8.77. The number of rotatable bonds is 6. The van der Waals surface area contributed by atoms with E-state index in [0.717, 1.165) is 56.6 Å². The van der Waals surface area contributed by atoms with Gasteiger partial charge in [-0.05, 0) is 66.8 Å². The van der Waals surface area contributed by atoms with E-state index in [1.807, 2.05) is 0 Å². The molecular formula is C31H32F3N3O4. The van der Waals surface area contributed by atoms with Gasteiger partial charge in [-0.1, -0.05) is 36.4 Å². The van der Waals surface area contributed by atoms with Crippen molar-refractivity contribution in [2.45, 2.75) is 62.3 Å². The highest BCUT2D eigenvalue weighted by Crippen LogP contribution is 2.52. The first-order valence-electron chi connectivity index (χ1n) is 14.1. The SMILES string of the molecule is O=C(C(O)c1cccc(C(F)(F)F)c1)[C@H]1CNCc2nc(C3(c4cccc(C5CCOCC5)c4)CC3)[nH]c(=O)c2C1. The van der Waals surface area contributed by atoms with Gasteiger partial charge in [0.15, 0.2) is 5.78 Å². The van der Waals surface area contributed by atoms with Crippen molar-refractivity contribution in [2.75, 3.05) is 19.8 Å². The maximum absolute atomic E-state index is 13.4. The Morgan fingerprint density at radius 1 is 1.10 bits per heavy atom. The summed E-state index contributed by atoms with van der Waals surface area (Å²) in [7, 11) is 0. The zero-order valence-corrected chi connectivity index (χ0v) is 22.5. The quantitative estimate of drug-likeness (QED) is 0.410. The number of Topliss-reactive ketones (excluding diaryl/α,β-unsaturated/α-hetero) is 1. The summed E-state index contributed by atoms with van der Waals surface area (Å²) in [5.74, 6) is -0.387. The van der Waals surface area contributed by atoms with Gasteiger partial charge in [-0.15, -0.1) is 0 Å². The number of hydrogen-bond donors (Lipinski definition) is 3. The molecule has 3 aliphatic rings. The number of halogens is 3. The maximum atomic E-state index is 13.4. The number of benzene rings is 2. The van der Waals surface area contributed by atoms with Crippen molar-refractivity contribution in [2.24, 2.45) is 5.92 Å². The fourth-order valence-electron chi connectivity index (χ4n) is 6.19. The zero-order valence-electron chi connectivity index (χ0n) is 22.5. The fourth-order valence-corrected chi connectivity index (χ4v) is 6.19. The molecule has 2 fully saturated rings. The topological polar surface area (TPSA) is 104 Å². The highest BCUT2D eigenvalue weighted by Gasteiger charge is 2.49. The number of hydrogen-bond acceptors (Lipinski definition) is 6. The molecule has 7 nitrogen and oxygen atoms in total. The van der Waals surface area contributed by atoms with Crippen LogP contribution in [-0.4, -0.2) is 40.6 Å². The number of carbonyl (C=O) groups is 1. The lowest BCUT2D eigenvalue weighted by atomic mass is 9.86. The van der Waals surface area contributed by atoms with Crippen LogP contribution in [0.3, 0.4) is 0 Å². The molecule has 1 aromatic heterocycles. The van der Waals surface area contributed by atoms with Crippen LogP contribution in [0, 0.1) is 5.92 Å². The average Bonchev–Trinajstić information content (AvgIpc) is 3.81. The van der Waals surface area contributed by atoms with Crippen LogP contribution >= 0.6 is 0 Å². The monoisotopic (exact) mass is 567 g/mol. The summed E-state index contributed by atoms with van der Waals surface area (Å²) in [5, 5.41) is 13.8. The van der Waals surface area contributed by atoms with E-state index in [2.05, 4.69) is 34.6 Å². The molecule has 3 N–H and O–H groups in total. The molecule has 0 spiro atoms. The first-order chi connectivity index (χ1) is 19.7. The third-order valence-corrected chi connectivity index (χ3v) is 8.77. The normalized spacial score (nSPS) is 21.5. The number of nitrogens with one attached hydrogen (secondary N) is 2. The van der Waals surface area contributed by atoms with E-state index >= 15 is 0 Å². The van der Waals surface area contributed by atoms with Gasteiger partial charge < -0.3 is 20.1 Å². The maximum Gasteiger partial charge on any atom is 0.416 e. The van der Waals surface area contributed by atoms with E-state index in [1.54, 1.807) is 0 Å². The summed E-state index contributed by atoms with van der Waals surface area (Å²) in [6.45, 7) is 1.95. The van der Waals surface area contributed by atoms with E-state index in [9.17, 15) is 27.9 Å². The summed E-state index contributed by atoms with van der Waals surface area (Å²) >= 11 is 0. The van der Waals surface area contributed by atoms with Gasteiger partial charge in [0.2, 0.25) is 0 Å². The minimum atomic E-state index is -4.59. The van der Waals surface area contributed by atoms with Crippen LogP contribution in [0.15, 0.2) is 53.3 Å². The third kappa shape index (κ3) is 5.48. The van der Waals surface area contributed by atoms with Gasteiger partial charge in [0.05, 0.1) is 16.7 Å². The van der Waals surface area contributed by atoms with E-state index in [4.69, 9.17) is 9.72 Å². The van der Waals surface area contributed by atoms with Crippen LogP contribution in [0.1, 0.15) is 77.0 Å². The minimum absolute atomic E-state index is 0.0338. The Labute approximate surface area is 235 Å². The van der Waals surface area contributed by atoms with E-state index < -0.39 is 29.5 Å². The lowest BCUT2D eigenvalue weighted by Crippen LogP contribution is -2.32. The highest BCUT2D eigenvalue weighted by atomic mass is 19.4. The second-order valence-electron chi connectivity index (χ2n) is 11.4. The molecule has 0 amide bonds. The Bertz CT molecular complexity index is 1510. The van der Waals surface area contributed by atoms with Gasteiger partial charge >= 0.3 is 6.18 Å². The molecule has 2 aliphatic heterocycles. The number of ether oxygens (including phenoxy) is 1. The molecule has 1 saturated carbocycles. The summed E-state index contributed by atoms with van der Waals surface area (Å²) in [6.07, 6.45) is -2.60. The molecule has 10 heteroatoms. The second-order valence-corrected chi connectivity index (χ2v) is 11.4. The largest absolute Gasteiger partial charge is 0.416 e. The van der Waals surface area contributed by atoms with Crippen LogP contribution < -0.4 is 10.9 Å². The highest BCUT2D eigenvalue weighted by molar-refractivity contribution is 5.87. The Morgan fingerprint density at radius 2 is 1.85 bits per heavy atom. The van der Waals surface area contributed by atoms with Gasteiger partial charge in [0, 0.05) is 37.8 Å². The van der Waals surface area contributed by atoms with E-state index in [1.165, 1.54) is 17.7 Å². The standard InChI is InChI=1S/C31H32F3N3O4/c32-31(33,34)23-6-2-4-20(14-23)26(38)27(39)21-15-24-25(17-35-16-21)36-29(37-28(24)40)30(9-10-30)22-5-1-3-19(13-22)18-7-11-41-12-8-18/h1-6,13-14,18,21,26,35,38H,7-12,15-17H2,(H,36,37,40)/t21-,26?/m1/s1. The molecule has 1 aliphatic carbocycles. The van der Waals surface area contributed by atoms with Crippen molar-refractivity contribution in [3.05, 3.63) is 98.2 Å². The number of nitrogens with zero attached hydrogens (tertiary/aromatic N) is 1. The van der Waals surface area contributed by atoms with E-state index in [-0.39, 0.29) is 36.0 Å². The molecule has 0 bridgehead atoms. The number of aliphatic hydroxyl groups excluding tert-OH is 1. The molecule has 1 saturated heterocycles. The first kappa shape index (κ1) is 27.8. The number of fused-ring (bicyclic) bond motifs is 1. The van der Waals surface area contributed by atoms with Crippen molar-refractivity contribution in [1.29, 1.82) is 0 Å². The molecule has 2 atom stereocenters. The summed E-state index contributed by atoms with van der Waals surface area (Å²) in [6, 6.07) is 12.7. The molecule has 1 unspecified atom stereocenters. The molecule has 216 valence electrons. The van der Waals surface area contributed by atoms with Crippen molar-refractivity contribution < 1.29 is 27.8 Å². The van der Waals surface area contributed by atoms with Crippen LogP contribution in [0.4, 0.5) is 13.2 Å². The number of alkyl halides is 3. The minimum Gasteiger partial charge on any atom is -0.381 e. The van der Waals surface area contributed by atoms with Crippen molar-refractivity contribution in [3.63, 3.8) is 0 Å². The summed E-state index contributed by atoms with van der Waals surface area (Å²) < 4.78 is 45.0. The lowest BCUT2D eigenvalue weighted by Gasteiger charge is -2.24. The van der Waals surface area contributed by atoms with Gasteiger partial charge in [-0.3, -0.25) is 9.59 Å². The number of aromatic nitrogens is 2. The number of aliphatic hydroxyl groups is 1. The number of carbonyl (C=O) groups excluding carboxylic acids is 1. The van der Waals surface area contributed by atoms with Crippen LogP contribution in [0.2, 0.25) is 0 Å². The van der Waals surface area contributed by atoms with Crippen molar-refractivity contribution in [1.82, 2.24) is 15.3 Å². The fraction of sp³-hybridized carbons (Fsp3) is 0.452. The summed E-state index contributed by atoms with van der Waals surface area (Å²) in [4.78, 5) is 34.5. The number of H-pyrrole nitrogens is 1. The Morgan fingerprint density at radius 3 is 2.59 bits per heavy atom. The molecule has 6 rings (SSSR count). The van der Waals surface area contributed by atoms with Crippen LogP contribution in [-0.2, 0) is 34.1 Å². The molecule has 3 aromatic rings. The Balaban J connectivity index is 1.24. The smallest absolute Gasteiger partial charge is 0.381 e. The first-order valence-corrected chi connectivity index (χ1v) is 14.1. The van der Waals surface area contributed by atoms with Gasteiger partial charge in [0.25, 0.3) is 5.56 Å². The Hall–Kier alpha value is -3.34. The molecule has 2 aromatic carbocycles. The lowest BCUT2D eigenvalue weighted by molar-refractivity contribution is -0.138. The zero-order chi connectivity index (χ0) is 28.8. The average molecular weight is 568 g/mol.